The summed E-state index contributed by atoms with van der Waals surface area (Å²) >= 11 is 0. The minimum atomic E-state index is 0.166. The maximum atomic E-state index is 9.75. The maximum Gasteiger partial charge on any atom is 0.123 e. The summed E-state index contributed by atoms with van der Waals surface area (Å²) < 4.78 is 0. The summed E-state index contributed by atoms with van der Waals surface area (Å²) in [5, 5.41) is 11.3. The SMILES string of the molecule is C=C/C(O)=c1/ccccc1=C=Cc1ccccc1. The van der Waals surface area contributed by atoms with Crippen LogP contribution in [0.2, 0.25) is 0 Å². The highest BCUT2D eigenvalue weighted by Gasteiger charge is 1.89. The number of rotatable bonds is 2. The maximum absolute atomic E-state index is 9.75. The molecule has 0 spiro atoms. The van der Waals surface area contributed by atoms with E-state index in [1.54, 1.807) is 0 Å². The molecule has 0 unspecified atom stereocenters. The highest BCUT2D eigenvalue weighted by atomic mass is 16.3. The second-order valence-electron chi connectivity index (χ2n) is 3.83. The Kier molecular flexibility index (Phi) is 3.80. The molecule has 2 aromatic rings. The standard InChI is InChI=1S/C17H14O/c1-2-17(18)16-11-7-6-10-15(16)13-12-14-8-4-3-5-9-14/h2-12,18H,1H2/b17-16+. The Labute approximate surface area is 106 Å². The van der Waals surface area contributed by atoms with Crippen LogP contribution in [0.25, 0.3) is 17.6 Å². The lowest BCUT2D eigenvalue weighted by molar-refractivity contribution is 0.511. The Morgan fingerprint density at radius 3 is 2.39 bits per heavy atom. The van der Waals surface area contributed by atoms with Gasteiger partial charge in [0.2, 0.25) is 0 Å². The van der Waals surface area contributed by atoms with Gasteiger partial charge in [0.1, 0.15) is 5.76 Å². The molecular formula is C17H14O. The van der Waals surface area contributed by atoms with E-state index in [2.05, 4.69) is 12.3 Å². The van der Waals surface area contributed by atoms with Gasteiger partial charge in [0.25, 0.3) is 0 Å². The minimum Gasteiger partial charge on any atom is -0.507 e. The van der Waals surface area contributed by atoms with Gasteiger partial charge in [0.15, 0.2) is 0 Å². The normalized spacial score (nSPS) is 11.3. The van der Waals surface area contributed by atoms with Crippen molar-refractivity contribution in [1.29, 1.82) is 0 Å². The molecule has 0 aliphatic heterocycles. The Bertz CT molecular complexity index is 690. The van der Waals surface area contributed by atoms with Crippen molar-refractivity contribution >= 4 is 17.6 Å². The van der Waals surface area contributed by atoms with Gasteiger partial charge in [-0.1, -0.05) is 55.1 Å². The van der Waals surface area contributed by atoms with Crippen LogP contribution in [0.5, 0.6) is 0 Å². The van der Waals surface area contributed by atoms with Crippen molar-refractivity contribution in [3.05, 3.63) is 83.3 Å². The zero-order valence-electron chi connectivity index (χ0n) is 10.0. The summed E-state index contributed by atoms with van der Waals surface area (Å²) in [4.78, 5) is 0. The average molecular weight is 234 g/mol. The van der Waals surface area contributed by atoms with Crippen molar-refractivity contribution in [2.45, 2.75) is 0 Å². The van der Waals surface area contributed by atoms with E-state index in [9.17, 15) is 5.11 Å². The molecule has 1 heteroatoms. The molecule has 2 aromatic carbocycles. The van der Waals surface area contributed by atoms with Gasteiger partial charge in [-0.25, -0.2) is 0 Å². The molecule has 18 heavy (non-hydrogen) atoms. The van der Waals surface area contributed by atoms with Crippen LogP contribution in [0.4, 0.5) is 0 Å². The van der Waals surface area contributed by atoms with Gasteiger partial charge in [0, 0.05) is 10.4 Å². The molecule has 0 atom stereocenters. The molecule has 0 heterocycles. The minimum absolute atomic E-state index is 0.166. The lowest BCUT2D eigenvalue weighted by atomic mass is 10.2. The van der Waals surface area contributed by atoms with Gasteiger partial charge in [-0.2, -0.15) is 0 Å². The Balaban J connectivity index is 2.67. The van der Waals surface area contributed by atoms with Crippen LogP contribution in [0, 0.1) is 0 Å². The number of hydrogen-bond acceptors (Lipinski definition) is 1. The predicted octanol–water partition coefficient (Wildman–Crippen LogP) is 2.63. The van der Waals surface area contributed by atoms with E-state index in [0.29, 0.717) is 0 Å². The first kappa shape index (κ1) is 12.0. The zero-order chi connectivity index (χ0) is 12.8. The fourth-order valence-corrected chi connectivity index (χ4v) is 1.65. The van der Waals surface area contributed by atoms with E-state index in [1.165, 1.54) is 6.08 Å². The van der Waals surface area contributed by atoms with Crippen molar-refractivity contribution in [2.75, 3.05) is 0 Å². The van der Waals surface area contributed by atoms with E-state index in [1.807, 2.05) is 60.7 Å². The third-order valence-corrected chi connectivity index (χ3v) is 2.59. The molecule has 0 fully saturated rings. The number of aliphatic hydroxyl groups excluding tert-OH is 1. The molecule has 0 aliphatic carbocycles. The molecule has 0 radical (unpaired) electrons. The van der Waals surface area contributed by atoms with Crippen molar-refractivity contribution in [3.8, 4) is 0 Å². The lowest BCUT2D eigenvalue weighted by Crippen LogP contribution is -2.24. The number of benzene rings is 2. The fourth-order valence-electron chi connectivity index (χ4n) is 1.65. The monoisotopic (exact) mass is 234 g/mol. The van der Waals surface area contributed by atoms with Gasteiger partial charge < -0.3 is 5.11 Å². The third-order valence-electron chi connectivity index (χ3n) is 2.59. The largest absolute Gasteiger partial charge is 0.507 e. The van der Waals surface area contributed by atoms with Crippen LogP contribution in [-0.2, 0) is 0 Å². The van der Waals surface area contributed by atoms with Crippen LogP contribution < -0.4 is 10.4 Å². The summed E-state index contributed by atoms with van der Waals surface area (Å²) in [6.45, 7) is 3.57. The van der Waals surface area contributed by atoms with Gasteiger partial charge in [-0.3, -0.25) is 0 Å². The summed E-state index contributed by atoms with van der Waals surface area (Å²) in [5.41, 5.74) is 4.27. The molecule has 1 nitrogen and oxygen atoms in total. The van der Waals surface area contributed by atoms with Gasteiger partial charge in [-0.05, 0) is 23.8 Å². The molecule has 0 aliphatic rings. The fraction of sp³-hybridized carbons (Fsp3) is 0. The third kappa shape index (κ3) is 2.79. The molecule has 1 N–H and O–H groups in total. The van der Waals surface area contributed by atoms with Crippen LogP contribution >= 0.6 is 0 Å². The quantitative estimate of drug-likeness (QED) is 0.847. The van der Waals surface area contributed by atoms with E-state index < -0.39 is 0 Å². The molecule has 88 valence electrons. The molecule has 2 rings (SSSR count). The van der Waals surface area contributed by atoms with E-state index in [0.717, 1.165) is 16.0 Å². The van der Waals surface area contributed by atoms with Gasteiger partial charge >= 0.3 is 0 Å². The number of hydrogen-bond donors (Lipinski definition) is 1. The van der Waals surface area contributed by atoms with Crippen LogP contribution in [0.15, 0.2) is 67.3 Å². The number of aliphatic hydroxyl groups is 1. The van der Waals surface area contributed by atoms with Gasteiger partial charge in [0.05, 0.1) is 0 Å². The average Bonchev–Trinajstić information content (AvgIpc) is 2.45. The van der Waals surface area contributed by atoms with E-state index in [4.69, 9.17) is 0 Å². The molecule has 0 saturated carbocycles. The first-order chi connectivity index (χ1) is 8.81. The van der Waals surface area contributed by atoms with Gasteiger partial charge in [-0.15, -0.1) is 5.73 Å². The first-order valence-corrected chi connectivity index (χ1v) is 5.74. The van der Waals surface area contributed by atoms with Crippen LogP contribution in [-0.4, -0.2) is 5.11 Å². The highest BCUT2D eigenvalue weighted by molar-refractivity contribution is 5.59. The van der Waals surface area contributed by atoms with Crippen molar-refractivity contribution in [2.24, 2.45) is 0 Å². The highest BCUT2D eigenvalue weighted by Crippen LogP contribution is 1.98. The predicted molar refractivity (Wildman–Crippen MR) is 76.2 cm³/mol. The topological polar surface area (TPSA) is 20.2 Å². The Morgan fingerprint density at radius 2 is 1.67 bits per heavy atom. The summed E-state index contributed by atoms with van der Waals surface area (Å²) in [6.07, 6.45) is 3.33. The Hall–Kier alpha value is -2.50. The summed E-state index contributed by atoms with van der Waals surface area (Å²) in [7, 11) is 0. The summed E-state index contributed by atoms with van der Waals surface area (Å²) in [6, 6.07) is 17.5. The second kappa shape index (κ2) is 5.72. The first-order valence-electron chi connectivity index (χ1n) is 5.74. The molecular weight excluding hydrogens is 220 g/mol. The Morgan fingerprint density at radius 1 is 1.00 bits per heavy atom. The zero-order valence-corrected chi connectivity index (χ0v) is 10.0. The van der Waals surface area contributed by atoms with Crippen molar-refractivity contribution in [1.82, 2.24) is 0 Å². The molecule has 0 aromatic heterocycles. The van der Waals surface area contributed by atoms with E-state index in [-0.39, 0.29) is 5.76 Å². The molecule has 0 amide bonds. The van der Waals surface area contributed by atoms with Crippen LogP contribution in [0.1, 0.15) is 5.56 Å². The van der Waals surface area contributed by atoms with E-state index >= 15 is 0 Å². The van der Waals surface area contributed by atoms with Crippen molar-refractivity contribution in [3.63, 3.8) is 0 Å². The molecule has 0 saturated heterocycles. The second-order valence-corrected chi connectivity index (χ2v) is 3.83. The molecule has 0 bridgehead atoms. The van der Waals surface area contributed by atoms with Crippen molar-refractivity contribution < 1.29 is 5.11 Å². The smallest absolute Gasteiger partial charge is 0.123 e. The summed E-state index contributed by atoms with van der Waals surface area (Å²) in [5.74, 6) is 0.166. The van der Waals surface area contributed by atoms with Crippen LogP contribution in [0.3, 0.4) is 0 Å². The lowest BCUT2D eigenvalue weighted by Gasteiger charge is -1.91.